The summed E-state index contributed by atoms with van der Waals surface area (Å²) >= 11 is 0. The number of carbonyl (C=O) groups is 2. The number of hydrogen-bond donors (Lipinski definition) is 1. The van der Waals surface area contributed by atoms with Gasteiger partial charge in [0.15, 0.2) is 0 Å². The van der Waals surface area contributed by atoms with E-state index in [0.29, 0.717) is 22.2 Å². The summed E-state index contributed by atoms with van der Waals surface area (Å²) in [4.78, 5) is 27.0. The topological polar surface area (TPSA) is 66.8 Å². The minimum absolute atomic E-state index is 0.0187. The lowest BCUT2D eigenvalue weighted by molar-refractivity contribution is -0.249. The molecule has 2 unspecified atom stereocenters. The van der Waals surface area contributed by atoms with Crippen molar-refractivity contribution in [2.75, 3.05) is 20.1 Å². The third kappa shape index (κ3) is 6.05. The lowest BCUT2D eigenvalue weighted by Gasteiger charge is -2.72. The molecule has 258 valence electrons. The van der Waals surface area contributed by atoms with E-state index in [9.17, 15) is 14.7 Å². The van der Waals surface area contributed by atoms with E-state index in [0.717, 1.165) is 30.6 Å². The molecule has 0 aliphatic heterocycles. The molecule has 0 bridgehead atoms. The molecule has 0 radical (unpaired) electrons. The summed E-state index contributed by atoms with van der Waals surface area (Å²) in [5.74, 6) is 1.98. The number of aliphatic carboxylic acids is 1. The molecule has 5 aliphatic rings. The SMILES string of the molecule is CCCN(C)CCC[C@]12CCC[C@@H]1[C@H]1CCC3[C@@]4(C)CC[C@H](OC(=O)CC(C)(C)CC(=O)O)C(C)(C)C4CC[C@@]3(C)[C@]1(C)CC2. The minimum Gasteiger partial charge on any atom is -0.481 e. The van der Waals surface area contributed by atoms with E-state index in [-0.39, 0.29) is 35.7 Å². The second-order valence-corrected chi connectivity index (χ2v) is 19.2. The van der Waals surface area contributed by atoms with Crippen LogP contribution in [0.5, 0.6) is 0 Å². The Morgan fingerprint density at radius 1 is 0.822 bits per heavy atom. The molecule has 0 aromatic heterocycles. The summed E-state index contributed by atoms with van der Waals surface area (Å²) < 4.78 is 6.27. The van der Waals surface area contributed by atoms with Gasteiger partial charge in [-0.15, -0.1) is 0 Å². The van der Waals surface area contributed by atoms with Crippen molar-refractivity contribution in [2.24, 2.45) is 56.2 Å². The van der Waals surface area contributed by atoms with Crippen molar-refractivity contribution in [2.45, 2.75) is 164 Å². The van der Waals surface area contributed by atoms with Crippen molar-refractivity contribution in [3.63, 3.8) is 0 Å². The van der Waals surface area contributed by atoms with E-state index in [1.54, 1.807) is 0 Å². The van der Waals surface area contributed by atoms with Crippen LogP contribution in [0.25, 0.3) is 0 Å². The number of rotatable bonds is 11. The fraction of sp³-hybridized carbons (Fsp3) is 0.950. The van der Waals surface area contributed by atoms with Crippen molar-refractivity contribution in [1.29, 1.82) is 0 Å². The van der Waals surface area contributed by atoms with Gasteiger partial charge >= 0.3 is 11.9 Å². The zero-order valence-electron chi connectivity index (χ0n) is 30.7. The fourth-order valence-corrected chi connectivity index (χ4v) is 13.6. The average molecular weight is 628 g/mol. The number of ether oxygens (including phenoxy) is 1. The Bertz CT molecular complexity index is 1100. The van der Waals surface area contributed by atoms with Crippen molar-refractivity contribution in [3.05, 3.63) is 0 Å². The molecule has 5 heteroatoms. The largest absolute Gasteiger partial charge is 0.481 e. The molecular formula is C40H69NO4. The number of fused-ring (bicyclic) bond motifs is 7. The Morgan fingerprint density at radius 2 is 1.56 bits per heavy atom. The number of hydrogen-bond acceptors (Lipinski definition) is 4. The highest BCUT2D eigenvalue weighted by Gasteiger charge is 2.70. The number of carboxylic acids is 1. The highest BCUT2D eigenvalue weighted by molar-refractivity contribution is 5.73. The zero-order chi connectivity index (χ0) is 33.1. The smallest absolute Gasteiger partial charge is 0.306 e. The van der Waals surface area contributed by atoms with Crippen LogP contribution in [0.2, 0.25) is 0 Å². The predicted molar refractivity (Wildman–Crippen MR) is 183 cm³/mol. The summed E-state index contributed by atoms with van der Waals surface area (Å²) in [6.45, 7) is 21.4. The lowest BCUT2D eigenvalue weighted by atomic mass is 9.32. The van der Waals surface area contributed by atoms with Crippen molar-refractivity contribution < 1.29 is 19.4 Å². The normalized spacial score (nSPS) is 42.3. The van der Waals surface area contributed by atoms with Crippen LogP contribution in [-0.4, -0.2) is 48.2 Å². The molecule has 1 N–H and O–H groups in total. The summed E-state index contributed by atoms with van der Waals surface area (Å²) in [5.41, 5.74) is 0.979. The molecule has 0 heterocycles. The Labute approximate surface area is 276 Å². The Balaban J connectivity index is 1.31. The molecule has 0 saturated heterocycles. The predicted octanol–water partition coefficient (Wildman–Crippen LogP) is 9.77. The van der Waals surface area contributed by atoms with Crippen LogP contribution >= 0.6 is 0 Å². The molecule has 45 heavy (non-hydrogen) atoms. The van der Waals surface area contributed by atoms with Gasteiger partial charge in [0.05, 0.1) is 12.8 Å². The average Bonchev–Trinajstić information content (AvgIpc) is 3.34. The third-order valence-corrected chi connectivity index (χ3v) is 15.8. The van der Waals surface area contributed by atoms with Crippen molar-refractivity contribution in [3.8, 4) is 0 Å². The van der Waals surface area contributed by atoms with Crippen LogP contribution in [0.15, 0.2) is 0 Å². The van der Waals surface area contributed by atoms with E-state index >= 15 is 0 Å². The molecule has 0 spiro atoms. The lowest BCUT2D eigenvalue weighted by Crippen LogP contribution is -2.66. The summed E-state index contributed by atoms with van der Waals surface area (Å²) in [5, 5.41) is 9.30. The van der Waals surface area contributed by atoms with Crippen molar-refractivity contribution in [1.82, 2.24) is 4.90 Å². The van der Waals surface area contributed by atoms with E-state index in [2.05, 4.69) is 53.5 Å². The number of carbonyl (C=O) groups excluding carboxylic acids is 1. The van der Waals surface area contributed by atoms with E-state index in [1.807, 2.05) is 13.8 Å². The molecule has 5 fully saturated rings. The second kappa shape index (κ2) is 12.4. The molecule has 0 amide bonds. The number of carboxylic acid groups (broad SMARTS) is 1. The maximum absolute atomic E-state index is 13.1. The van der Waals surface area contributed by atoms with E-state index in [4.69, 9.17) is 4.74 Å². The van der Waals surface area contributed by atoms with Gasteiger partial charge in [-0.05, 0) is 154 Å². The Hall–Kier alpha value is -1.10. The monoisotopic (exact) mass is 628 g/mol. The first-order chi connectivity index (χ1) is 20.9. The molecule has 5 saturated carbocycles. The van der Waals surface area contributed by atoms with Gasteiger partial charge in [-0.25, -0.2) is 0 Å². The number of esters is 1. The van der Waals surface area contributed by atoms with Gasteiger partial charge < -0.3 is 14.7 Å². The maximum Gasteiger partial charge on any atom is 0.306 e. The minimum atomic E-state index is -0.859. The first-order valence-corrected chi connectivity index (χ1v) is 19.0. The van der Waals surface area contributed by atoms with Crippen LogP contribution < -0.4 is 0 Å². The van der Waals surface area contributed by atoms with Crippen LogP contribution in [-0.2, 0) is 14.3 Å². The Kier molecular flexibility index (Phi) is 9.71. The molecule has 5 aliphatic carbocycles. The third-order valence-electron chi connectivity index (χ3n) is 15.8. The van der Waals surface area contributed by atoms with Gasteiger partial charge in [-0.2, -0.15) is 0 Å². The van der Waals surface area contributed by atoms with E-state index < -0.39 is 11.4 Å². The molecule has 5 nitrogen and oxygen atoms in total. The maximum atomic E-state index is 13.1. The van der Waals surface area contributed by atoms with Gasteiger partial charge in [-0.1, -0.05) is 61.8 Å². The van der Waals surface area contributed by atoms with Crippen LogP contribution in [0.4, 0.5) is 0 Å². The fourth-order valence-electron chi connectivity index (χ4n) is 13.6. The summed E-state index contributed by atoms with van der Waals surface area (Å²) in [6, 6.07) is 0. The molecule has 0 aromatic rings. The van der Waals surface area contributed by atoms with Gasteiger partial charge in [0, 0.05) is 5.41 Å². The van der Waals surface area contributed by atoms with Gasteiger partial charge in [0.2, 0.25) is 0 Å². The van der Waals surface area contributed by atoms with Gasteiger partial charge in [0.1, 0.15) is 6.10 Å². The molecule has 0 aromatic carbocycles. The van der Waals surface area contributed by atoms with Crippen molar-refractivity contribution >= 4 is 11.9 Å². The second-order valence-electron chi connectivity index (χ2n) is 19.2. The van der Waals surface area contributed by atoms with Gasteiger partial charge in [0.25, 0.3) is 0 Å². The molecular weight excluding hydrogens is 558 g/mol. The molecule has 9 atom stereocenters. The highest BCUT2D eigenvalue weighted by Crippen LogP contribution is 2.77. The summed E-state index contributed by atoms with van der Waals surface area (Å²) in [7, 11) is 2.31. The van der Waals surface area contributed by atoms with Crippen LogP contribution in [0, 0.1) is 56.2 Å². The van der Waals surface area contributed by atoms with Crippen LogP contribution in [0.1, 0.15) is 158 Å². The highest BCUT2D eigenvalue weighted by atomic mass is 16.5. The quantitative estimate of drug-likeness (QED) is 0.231. The first kappa shape index (κ1) is 35.2. The molecule has 5 rings (SSSR count). The standard InChI is InChI=1S/C40H69NO4/c1-10-24-41(9)25-12-19-40-18-11-13-29(40)28-14-15-31-37(6)20-17-32(45-34(44)27-35(2,3)26-33(42)43)36(4,5)30(37)16-21-39(31,8)38(28,7)22-23-40/h28-32H,10-27H2,1-9H3,(H,42,43)/t28-,29-,30?,31?,32+,37+,38-,39-,40+/m1/s1. The summed E-state index contributed by atoms with van der Waals surface area (Å²) in [6.07, 6.45) is 18.8. The van der Waals surface area contributed by atoms with Gasteiger partial charge in [-0.3, -0.25) is 9.59 Å². The Morgan fingerprint density at radius 3 is 2.24 bits per heavy atom. The van der Waals surface area contributed by atoms with E-state index in [1.165, 1.54) is 90.1 Å². The van der Waals surface area contributed by atoms with Crippen LogP contribution in [0.3, 0.4) is 0 Å². The number of nitrogens with zero attached hydrogens (tertiary/aromatic N) is 1. The zero-order valence-corrected chi connectivity index (χ0v) is 30.7. The first-order valence-electron chi connectivity index (χ1n) is 19.0.